The second-order valence-corrected chi connectivity index (χ2v) is 6.56. The van der Waals surface area contributed by atoms with Crippen molar-refractivity contribution in [3.05, 3.63) is 39.8 Å². The molecule has 0 bridgehead atoms. The molecule has 1 atom stereocenters. The standard InChI is InChI=1S/C16H21N3O2S/c1-2-12-9-15(18-17-12)16(20)19(10-13-5-3-7-21-13)11-14-6-4-8-22-14/h4,6,8-9,13H,2-3,5,7,10-11H2,1H3,(H,17,18)/t13-/m0/s1. The summed E-state index contributed by atoms with van der Waals surface area (Å²) in [5.74, 6) is -0.0279. The van der Waals surface area contributed by atoms with Crippen LogP contribution in [0.2, 0.25) is 0 Å². The molecule has 0 aromatic carbocycles. The molecule has 118 valence electrons. The number of ether oxygens (including phenoxy) is 1. The number of aromatic amines is 1. The maximum Gasteiger partial charge on any atom is 0.274 e. The third-order valence-electron chi connectivity index (χ3n) is 3.89. The number of aromatic nitrogens is 2. The van der Waals surface area contributed by atoms with E-state index in [1.807, 2.05) is 29.3 Å². The number of rotatable bonds is 6. The van der Waals surface area contributed by atoms with Crippen LogP contribution in [-0.4, -0.2) is 40.3 Å². The van der Waals surface area contributed by atoms with Gasteiger partial charge < -0.3 is 9.64 Å². The molecule has 1 aliphatic heterocycles. The Hall–Kier alpha value is -1.66. The van der Waals surface area contributed by atoms with Gasteiger partial charge in [-0.3, -0.25) is 9.89 Å². The fraction of sp³-hybridized carbons (Fsp3) is 0.500. The van der Waals surface area contributed by atoms with Gasteiger partial charge in [0.05, 0.1) is 12.6 Å². The lowest BCUT2D eigenvalue weighted by Gasteiger charge is -2.24. The van der Waals surface area contributed by atoms with Crippen molar-refractivity contribution in [3.8, 4) is 0 Å². The van der Waals surface area contributed by atoms with Crippen LogP contribution < -0.4 is 0 Å². The highest BCUT2D eigenvalue weighted by molar-refractivity contribution is 7.09. The Morgan fingerprint density at radius 3 is 3.14 bits per heavy atom. The first-order valence-corrected chi connectivity index (χ1v) is 8.61. The Labute approximate surface area is 134 Å². The van der Waals surface area contributed by atoms with Crippen LogP contribution in [0.3, 0.4) is 0 Å². The van der Waals surface area contributed by atoms with Crippen LogP contribution in [0.4, 0.5) is 0 Å². The van der Waals surface area contributed by atoms with E-state index in [9.17, 15) is 4.79 Å². The lowest BCUT2D eigenvalue weighted by Crippen LogP contribution is -2.37. The largest absolute Gasteiger partial charge is 0.376 e. The SMILES string of the molecule is CCc1cc(C(=O)N(Cc2cccs2)C[C@@H]2CCCO2)n[nH]1. The molecule has 0 unspecified atom stereocenters. The first-order valence-electron chi connectivity index (χ1n) is 7.74. The Balaban J connectivity index is 1.74. The number of carbonyl (C=O) groups is 1. The lowest BCUT2D eigenvalue weighted by atomic mass is 10.2. The Morgan fingerprint density at radius 1 is 1.59 bits per heavy atom. The normalized spacial score (nSPS) is 17.8. The fourth-order valence-electron chi connectivity index (χ4n) is 2.66. The summed E-state index contributed by atoms with van der Waals surface area (Å²) in [5, 5.41) is 9.11. The van der Waals surface area contributed by atoms with E-state index in [1.165, 1.54) is 4.88 Å². The van der Waals surface area contributed by atoms with Crippen LogP contribution in [-0.2, 0) is 17.7 Å². The first kappa shape index (κ1) is 15.2. The number of H-pyrrole nitrogens is 1. The molecule has 1 saturated heterocycles. The summed E-state index contributed by atoms with van der Waals surface area (Å²) < 4.78 is 5.70. The minimum atomic E-state index is -0.0279. The summed E-state index contributed by atoms with van der Waals surface area (Å²) in [6.07, 6.45) is 3.09. The molecule has 3 heterocycles. The maximum atomic E-state index is 12.8. The van der Waals surface area contributed by atoms with Crippen LogP contribution in [0.1, 0.15) is 40.8 Å². The zero-order chi connectivity index (χ0) is 15.4. The number of hydrogen-bond donors (Lipinski definition) is 1. The van der Waals surface area contributed by atoms with Gasteiger partial charge in [0.1, 0.15) is 5.69 Å². The topological polar surface area (TPSA) is 58.2 Å². The minimum Gasteiger partial charge on any atom is -0.376 e. The summed E-state index contributed by atoms with van der Waals surface area (Å²) in [6, 6.07) is 5.92. The number of hydrogen-bond acceptors (Lipinski definition) is 4. The highest BCUT2D eigenvalue weighted by Crippen LogP contribution is 2.19. The summed E-state index contributed by atoms with van der Waals surface area (Å²) in [5.41, 5.74) is 1.47. The van der Waals surface area contributed by atoms with Crippen LogP contribution in [0.25, 0.3) is 0 Å². The van der Waals surface area contributed by atoms with E-state index in [0.29, 0.717) is 18.8 Å². The van der Waals surface area contributed by atoms with Crippen LogP contribution >= 0.6 is 11.3 Å². The Morgan fingerprint density at radius 2 is 2.50 bits per heavy atom. The zero-order valence-electron chi connectivity index (χ0n) is 12.7. The molecule has 3 rings (SSSR count). The van der Waals surface area contributed by atoms with Gasteiger partial charge in [-0.05, 0) is 36.8 Å². The van der Waals surface area contributed by atoms with Crippen molar-refractivity contribution in [2.45, 2.75) is 38.8 Å². The smallest absolute Gasteiger partial charge is 0.274 e. The van der Waals surface area contributed by atoms with Gasteiger partial charge in [0.25, 0.3) is 5.91 Å². The van der Waals surface area contributed by atoms with Crippen molar-refractivity contribution in [3.63, 3.8) is 0 Å². The second-order valence-electron chi connectivity index (χ2n) is 5.53. The zero-order valence-corrected chi connectivity index (χ0v) is 13.6. The number of carbonyl (C=O) groups excluding carboxylic acids is 1. The monoisotopic (exact) mass is 319 g/mol. The molecule has 2 aromatic rings. The van der Waals surface area contributed by atoms with E-state index >= 15 is 0 Å². The molecule has 0 spiro atoms. The Kier molecular flexibility index (Phi) is 4.90. The lowest BCUT2D eigenvalue weighted by molar-refractivity contribution is 0.0505. The number of amides is 1. The molecule has 1 fully saturated rings. The van der Waals surface area contributed by atoms with Gasteiger partial charge >= 0.3 is 0 Å². The third kappa shape index (κ3) is 3.56. The van der Waals surface area contributed by atoms with Crippen LogP contribution in [0.5, 0.6) is 0 Å². The Bertz CT molecular complexity index is 603. The highest BCUT2D eigenvalue weighted by Gasteiger charge is 2.25. The summed E-state index contributed by atoms with van der Waals surface area (Å²) in [6.45, 7) is 4.08. The van der Waals surface area contributed by atoms with Crippen LogP contribution in [0.15, 0.2) is 23.6 Å². The number of nitrogens with zero attached hydrogens (tertiary/aromatic N) is 2. The molecule has 1 N–H and O–H groups in total. The number of aryl methyl sites for hydroxylation is 1. The fourth-order valence-corrected chi connectivity index (χ4v) is 3.38. The van der Waals surface area contributed by atoms with Gasteiger partial charge in [0, 0.05) is 23.7 Å². The second kappa shape index (κ2) is 7.07. The van der Waals surface area contributed by atoms with Crippen molar-refractivity contribution in [2.24, 2.45) is 0 Å². The van der Waals surface area contributed by atoms with E-state index in [2.05, 4.69) is 16.3 Å². The third-order valence-corrected chi connectivity index (χ3v) is 4.75. The minimum absolute atomic E-state index is 0.0279. The highest BCUT2D eigenvalue weighted by atomic mass is 32.1. The molecule has 5 nitrogen and oxygen atoms in total. The van der Waals surface area contributed by atoms with E-state index in [1.54, 1.807) is 11.3 Å². The van der Waals surface area contributed by atoms with Crippen molar-refractivity contribution in [2.75, 3.05) is 13.2 Å². The average Bonchev–Trinajstić information content (AvgIpc) is 3.28. The summed E-state index contributed by atoms with van der Waals surface area (Å²) in [7, 11) is 0. The van der Waals surface area contributed by atoms with Gasteiger partial charge in [0.2, 0.25) is 0 Å². The average molecular weight is 319 g/mol. The molecule has 6 heteroatoms. The van der Waals surface area contributed by atoms with E-state index in [4.69, 9.17) is 4.74 Å². The molecule has 1 aliphatic rings. The van der Waals surface area contributed by atoms with Crippen molar-refractivity contribution in [1.29, 1.82) is 0 Å². The van der Waals surface area contributed by atoms with Gasteiger partial charge in [-0.15, -0.1) is 11.3 Å². The summed E-state index contributed by atoms with van der Waals surface area (Å²) in [4.78, 5) is 15.8. The molecule has 22 heavy (non-hydrogen) atoms. The quantitative estimate of drug-likeness (QED) is 0.890. The molecule has 0 saturated carbocycles. The van der Waals surface area contributed by atoms with Crippen LogP contribution in [0, 0.1) is 0 Å². The molecule has 1 amide bonds. The van der Waals surface area contributed by atoms with E-state index in [-0.39, 0.29) is 12.0 Å². The molecule has 0 aliphatic carbocycles. The van der Waals surface area contributed by atoms with Crippen molar-refractivity contribution in [1.82, 2.24) is 15.1 Å². The summed E-state index contributed by atoms with van der Waals surface area (Å²) >= 11 is 1.67. The van der Waals surface area contributed by atoms with Gasteiger partial charge in [0.15, 0.2) is 0 Å². The van der Waals surface area contributed by atoms with E-state index < -0.39 is 0 Å². The maximum absolute atomic E-state index is 12.8. The van der Waals surface area contributed by atoms with Crippen molar-refractivity contribution < 1.29 is 9.53 Å². The van der Waals surface area contributed by atoms with Gasteiger partial charge in [-0.2, -0.15) is 5.10 Å². The first-order chi connectivity index (χ1) is 10.8. The predicted octanol–water partition coefficient (Wildman–Crippen LogP) is 2.86. The van der Waals surface area contributed by atoms with Gasteiger partial charge in [-0.1, -0.05) is 13.0 Å². The van der Waals surface area contributed by atoms with Crippen molar-refractivity contribution >= 4 is 17.2 Å². The molecule has 0 radical (unpaired) electrons. The molecular formula is C16H21N3O2S. The van der Waals surface area contributed by atoms with E-state index in [0.717, 1.165) is 31.6 Å². The molecular weight excluding hydrogens is 298 g/mol. The molecule has 2 aromatic heterocycles. The van der Waals surface area contributed by atoms with Gasteiger partial charge in [-0.25, -0.2) is 0 Å². The predicted molar refractivity (Wildman–Crippen MR) is 86.0 cm³/mol. The number of nitrogens with one attached hydrogen (secondary N) is 1. The number of thiophene rings is 1.